The van der Waals surface area contributed by atoms with E-state index >= 15 is 0 Å². The van der Waals surface area contributed by atoms with Gasteiger partial charge in [-0.25, -0.2) is 9.97 Å². The monoisotopic (exact) mass is 251 g/mol. The molecule has 2 aromatic rings. The molecular weight excluding hydrogens is 238 g/mol. The van der Waals surface area contributed by atoms with Crippen molar-refractivity contribution in [3.8, 4) is 0 Å². The minimum Gasteiger partial charge on any atom is -0.481 e. The zero-order valence-corrected chi connectivity index (χ0v) is 10.2. The number of carbonyl (C=O) groups is 1. The number of imidazole rings is 1. The summed E-state index contributed by atoms with van der Waals surface area (Å²) in [7, 11) is 0. The van der Waals surface area contributed by atoms with Crippen LogP contribution in [0.4, 0.5) is 0 Å². The van der Waals surface area contributed by atoms with Crippen LogP contribution in [0.2, 0.25) is 0 Å². The topological polar surface area (TPSA) is 67.5 Å². The number of rotatable bonds is 5. The number of carboxylic acids is 1. The highest BCUT2D eigenvalue weighted by Crippen LogP contribution is 2.19. The Bertz CT molecular complexity index is 493. The van der Waals surface area contributed by atoms with Crippen molar-refractivity contribution in [2.75, 3.05) is 0 Å². The second kappa shape index (κ2) is 5.18. The van der Waals surface area contributed by atoms with Crippen LogP contribution < -0.4 is 0 Å². The molecule has 0 bridgehead atoms. The predicted molar refractivity (Wildman–Crippen MR) is 66.0 cm³/mol. The Morgan fingerprint density at radius 3 is 3.18 bits per heavy atom. The van der Waals surface area contributed by atoms with E-state index in [1.807, 2.05) is 29.8 Å². The van der Waals surface area contributed by atoms with Crippen molar-refractivity contribution in [2.45, 2.75) is 24.3 Å². The molecule has 1 N–H and O–H groups in total. The lowest BCUT2D eigenvalue weighted by molar-refractivity contribution is -0.136. The number of aliphatic carboxylic acids is 1. The maximum absolute atomic E-state index is 10.5. The van der Waals surface area contributed by atoms with Crippen LogP contribution >= 0.6 is 11.8 Å². The van der Waals surface area contributed by atoms with Crippen LogP contribution in [-0.4, -0.2) is 30.7 Å². The van der Waals surface area contributed by atoms with Gasteiger partial charge in [0.2, 0.25) is 5.78 Å². The fraction of sp³-hybridized carbons (Fsp3) is 0.364. The van der Waals surface area contributed by atoms with Crippen molar-refractivity contribution in [1.82, 2.24) is 14.4 Å². The van der Waals surface area contributed by atoms with Crippen LogP contribution in [0, 0.1) is 0 Å². The molecule has 0 radical (unpaired) electrons. The molecule has 0 spiro atoms. The van der Waals surface area contributed by atoms with Crippen LogP contribution in [0.3, 0.4) is 0 Å². The van der Waals surface area contributed by atoms with Gasteiger partial charge < -0.3 is 5.11 Å². The van der Waals surface area contributed by atoms with Gasteiger partial charge in [-0.2, -0.15) is 11.8 Å². The van der Waals surface area contributed by atoms with E-state index in [-0.39, 0.29) is 11.7 Å². The second-order valence-electron chi connectivity index (χ2n) is 3.78. The predicted octanol–water partition coefficient (Wildman–Crippen LogP) is 1.83. The molecule has 0 aliphatic carbocycles. The van der Waals surface area contributed by atoms with Crippen molar-refractivity contribution >= 4 is 23.5 Å². The highest BCUT2D eigenvalue weighted by atomic mass is 32.2. The third-order valence-corrected chi connectivity index (χ3v) is 3.46. The molecule has 0 amide bonds. The average Bonchev–Trinajstić information content (AvgIpc) is 2.68. The van der Waals surface area contributed by atoms with E-state index in [1.54, 1.807) is 18.0 Å². The standard InChI is InChI=1S/C11H13N3O2S/c1-8(5-10(15)16)17-7-9-6-14-4-2-3-12-11(14)13-9/h2-4,6,8H,5,7H2,1H3,(H,15,16). The Hall–Kier alpha value is -1.56. The van der Waals surface area contributed by atoms with Crippen molar-refractivity contribution in [3.05, 3.63) is 30.4 Å². The van der Waals surface area contributed by atoms with E-state index in [9.17, 15) is 4.79 Å². The molecular formula is C11H13N3O2S. The lowest BCUT2D eigenvalue weighted by atomic mass is 10.3. The third-order valence-electron chi connectivity index (χ3n) is 2.26. The molecule has 1 unspecified atom stereocenters. The number of carboxylic acid groups (broad SMARTS) is 1. The zero-order chi connectivity index (χ0) is 12.3. The van der Waals surface area contributed by atoms with E-state index in [1.165, 1.54) is 0 Å². The summed E-state index contributed by atoms with van der Waals surface area (Å²) in [5.41, 5.74) is 0.922. The number of fused-ring (bicyclic) bond motifs is 1. The van der Waals surface area contributed by atoms with Crippen LogP contribution in [0.25, 0.3) is 5.78 Å². The number of hydrogen-bond donors (Lipinski definition) is 1. The van der Waals surface area contributed by atoms with Gasteiger partial charge in [0, 0.05) is 29.6 Å². The number of hydrogen-bond acceptors (Lipinski definition) is 4. The minimum absolute atomic E-state index is 0.0882. The average molecular weight is 251 g/mol. The van der Waals surface area contributed by atoms with Gasteiger partial charge in [-0.3, -0.25) is 9.20 Å². The molecule has 2 rings (SSSR count). The number of thioether (sulfide) groups is 1. The van der Waals surface area contributed by atoms with Gasteiger partial charge >= 0.3 is 5.97 Å². The Morgan fingerprint density at radius 2 is 2.47 bits per heavy atom. The molecule has 0 fully saturated rings. The van der Waals surface area contributed by atoms with Crippen LogP contribution in [0.15, 0.2) is 24.7 Å². The Balaban J connectivity index is 1.97. The maximum Gasteiger partial charge on any atom is 0.304 e. The van der Waals surface area contributed by atoms with E-state index in [2.05, 4.69) is 9.97 Å². The quantitative estimate of drug-likeness (QED) is 0.878. The molecule has 6 heteroatoms. The first-order valence-electron chi connectivity index (χ1n) is 5.27. The summed E-state index contributed by atoms with van der Waals surface area (Å²) in [6.07, 6.45) is 5.69. The maximum atomic E-state index is 10.5. The first-order chi connectivity index (χ1) is 8.15. The summed E-state index contributed by atoms with van der Waals surface area (Å²) in [6.45, 7) is 1.91. The van der Waals surface area contributed by atoms with Crippen molar-refractivity contribution < 1.29 is 9.90 Å². The van der Waals surface area contributed by atoms with E-state index in [4.69, 9.17) is 5.11 Å². The van der Waals surface area contributed by atoms with Gasteiger partial charge in [0.05, 0.1) is 12.1 Å². The summed E-state index contributed by atoms with van der Waals surface area (Å²) < 4.78 is 1.86. The first-order valence-corrected chi connectivity index (χ1v) is 6.32. The lowest BCUT2D eigenvalue weighted by Gasteiger charge is -2.05. The third kappa shape index (κ3) is 3.20. The van der Waals surface area contributed by atoms with E-state index in [0.29, 0.717) is 11.5 Å². The van der Waals surface area contributed by atoms with Crippen LogP contribution in [0.5, 0.6) is 0 Å². The lowest BCUT2D eigenvalue weighted by Crippen LogP contribution is -2.05. The second-order valence-corrected chi connectivity index (χ2v) is 5.21. The van der Waals surface area contributed by atoms with E-state index in [0.717, 1.165) is 5.69 Å². The van der Waals surface area contributed by atoms with Crippen LogP contribution in [0.1, 0.15) is 19.0 Å². The van der Waals surface area contributed by atoms with Crippen molar-refractivity contribution in [3.63, 3.8) is 0 Å². The Kier molecular flexibility index (Phi) is 3.63. The summed E-state index contributed by atoms with van der Waals surface area (Å²) >= 11 is 1.59. The van der Waals surface area contributed by atoms with Gasteiger partial charge in [-0.1, -0.05) is 6.92 Å². The zero-order valence-electron chi connectivity index (χ0n) is 9.41. The fourth-order valence-corrected chi connectivity index (χ4v) is 2.34. The molecule has 0 aromatic carbocycles. The molecule has 90 valence electrons. The van der Waals surface area contributed by atoms with Crippen LogP contribution in [-0.2, 0) is 10.5 Å². The van der Waals surface area contributed by atoms with Gasteiger partial charge in [-0.15, -0.1) is 0 Å². The largest absolute Gasteiger partial charge is 0.481 e. The highest BCUT2D eigenvalue weighted by molar-refractivity contribution is 7.99. The van der Waals surface area contributed by atoms with Gasteiger partial charge in [-0.05, 0) is 6.07 Å². The smallest absolute Gasteiger partial charge is 0.304 e. The highest BCUT2D eigenvalue weighted by Gasteiger charge is 2.09. The van der Waals surface area contributed by atoms with Crippen molar-refractivity contribution in [2.24, 2.45) is 0 Å². The molecule has 0 aliphatic heterocycles. The molecule has 0 aliphatic rings. The summed E-state index contributed by atoms with van der Waals surface area (Å²) in [6, 6.07) is 1.85. The number of nitrogens with zero attached hydrogens (tertiary/aromatic N) is 3. The first kappa shape index (κ1) is 11.9. The fourth-order valence-electron chi connectivity index (χ4n) is 1.48. The molecule has 1 atom stereocenters. The summed E-state index contributed by atoms with van der Waals surface area (Å²) in [4.78, 5) is 19.0. The molecule has 0 saturated carbocycles. The van der Waals surface area contributed by atoms with Crippen molar-refractivity contribution in [1.29, 1.82) is 0 Å². The Morgan fingerprint density at radius 1 is 1.65 bits per heavy atom. The van der Waals surface area contributed by atoms with Gasteiger partial charge in [0.15, 0.2) is 0 Å². The van der Waals surface area contributed by atoms with Gasteiger partial charge in [0.25, 0.3) is 0 Å². The molecule has 5 nitrogen and oxygen atoms in total. The Labute approximate surface area is 103 Å². The van der Waals surface area contributed by atoms with E-state index < -0.39 is 5.97 Å². The molecule has 0 saturated heterocycles. The molecule has 17 heavy (non-hydrogen) atoms. The molecule has 2 aromatic heterocycles. The summed E-state index contributed by atoms with van der Waals surface area (Å²) in [5.74, 6) is 0.619. The minimum atomic E-state index is -0.762. The molecule has 2 heterocycles. The summed E-state index contributed by atoms with van der Waals surface area (Å²) in [5, 5.41) is 8.74. The number of aromatic nitrogens is 3. The normalized spacial score (nSPS) is 12.8. The van der Waals surface area contributed by atoms with Gasteiger partial charge in [0.1, 0.15) is 0 Å². The SMILES string of the molecule is CC(CC(=O)O)SCc1cn2cccnc2n1.